The van der Waals surface area contributed by atoms with Gasteiger partial charge in [-0.1, -0.05) is 32.0 Å². The van der Waals surface area contributed by atoms with E-state index in [0.717, 1.165) is 0 Å². The van der Waals surface area contributed by atoms with E-state index in [2.05, 4.69) is 15.0 Å². The molecule has 0 aliphatic carbocycles. The number of aliphatic hydroxyl groups is 1. The van der Waals surface area contributed by atoms with E-state index in [4.69, 9.17) is 4.74 Å². The number of nitrogens with zero attached hydrogens (tertiary/aromatic N) is 3. The Bertz CT molecular complexity index is 1160. The first-order valence-electron chi connectivity index (χ1n) is 10.4. The van der Waals surface area contributed by atoms with Gasteiger partial charge in [0.1, 0.15) is 5.82 Å². The molecule has 0 aliphatic heterocycles. The highest BCUT2D eigenvalue weighted by molar-refractivity contribution is 5.91. The molecule has 0 fully saturated rings. The second kappa shape index (κ2) is 9.43. The van der Waals surface area contributed by atoms with Crippen LogP contribution in [0.3, 0.4) is 0 Å². The fourth-order valence-corrected chi connectivity index (χ4v) is 3.74. The summed E-state index contributed by atoms with van der Waals surface area (Å²) in [5, 5.41) is 11.3. The lowest BCUT2D eigenvalue weighted by Gasteiger charge is -2.33. The van der Waals surface area contributed by atoms with E-state index in [-0.39, 0.29) is 22.9 Å². The Morgan fingerprint density at radius 1 is 1.15 bits per heavy atom. The van der Waals surface area contributed by atoms with Crippen LogP contribution >= 0.6 is 0 Å². The maximum Gasteiger partial charge on any atom is 0.422 e. The number of halogens is 4. The number of alkyl halides is 3. The summed E-state index contributed by atoms with van der Waals surface area (Å²) < 4.78 is 61.7. The van der Waals surface area contributed by atoms with Crippen LogP contribution in [0, 0.1) is 18.7 Å². The van der Waals surface area contributed by atoms with E-state index >= 15 is 0 Å². The van der Waals surface area contributed by atoms with Gasteiger partial charge in [-0.2, -0.15) is 13.2 Å². The van der Waals surface area contributed by atoms with Crippen LogP contribution in [0.5, 0.6) is 5.75 Å². The van der Waals surface area contributed by atoms with Gasteiger partial charge in [0, 0.05) is 23.4 Å². The fourth-order valence-electron chi connectivity index (χ4n) is 3.74. The van der Waals surface area contributed by atoms with Gasteiger partial charge in [-0.15, -0.1) is 0 Å². The maximum atomic E-state index is 14.2. The van der Waals surface area contributed by atoms with Crippen LogP contribution < -0.4 is 4.74 Å². The van der Waals surface area contributed by atoms with Crippen LogP contribution in [0.1, 0.15) is 37.6 Å². The summed E-state index contributed by atoms with van der Waals surface area (Å²) in [7, 11) is 1.25. The minimum atomic E-state index is -5.03. The third kappa shape index (κ3) is 5.13. The van der Waals surface area contributed by atoms with Gasteiger partial charge in [-0.25, -0.2) is 14.4 Å². The molecule has 2 aromatic carbocycles. The van der Waals surface area contributed by atoms with Crippen LogP contribution in [-0.2, 0) is 0 Å². The Morgan fingerprint density at radius 2 is 1.85 bits per heavy atom. The van der Waals surface area contributed by atoms with Gasteiger partial charge >= 0.3 is 6.18 Å². The predicted molar refractivity (Wildman–Crippen MR) is 119 cm³/mol. The molecule has 1 heterocycles. The first-order chi connectivity index (χ1) is 15.5. The van der Waals surface area contributed by atoms with Crippen molar-refractivity contribution in [3.05, 3.63) is 59.8 Å². The fraction of sp³-hybridized carbons (Fsp3) is 0.375. The zero-order valence-electron chi connectivity index (χ0n) is 18.7. The minimum Gasteiger partial charge on any atom is -0.493 e. The number of hydrogen-bond acceptors (Lipinski definition) is 5. The molecule has 5 nitrogen and oxygen atoms in total. The first-order valence-corrected chi connectivity index (χ1v) is 10.4. The monoisotopic (exact) mass is 463 g/mol. The number of fused-ring (bicyclic) bond motifs is 1. The molecule has 0 radical (unpaired) electrons. The minimum absolute atomic E-state index is 0.140. The van der Waals surface area contributed by atoms with Crippen molar-refractivity contribution in [3.63, 3.8) is 0 Å². The Kier molecular flexibility index (Phi) is 7.02. The Morgan fingerprint density at radius 3 is 2.48 bits per heavy atom. The summed E-state index contributed by atoms with van der Waals surface area (Å²) in [4.78, 5) is 12.3. The van der Waals surface area contributed by atoms with Crippen molar-refractivity contribution < 1.29 is 27.4 Å². The first kappa shape index (κ1) is 24.6. The largest absolute Gasteiger partial charge is 0.493 e. The van der Waals surface area contributed by atoms with Gasteiger partial charge in [0.2, 0.25) is 0 Å². The van der Waals surface area contributed by atoms with Gasteiger partial charge in [-0.05, 0) is 43.4 Å². The number of methoxy groups -OCH3 is 1. The smallest absolute Gasteiger partial charge is 0.422 e. The normalized spacial score (nSPS) is 15.2. The van der Waals surface area contributed by atoms with Gasteiger partial charge < -0.3 is 9.84 Å². The lowest BCUT2D eigenvalue weighted by Crippen LogP contribution is -2.48. The van der Waals surface area contributed by atoms with E-state index in [1.165, 1.54) is 37.6 Å². The van der Waals surface area contributed by atoms with Crippen molar-refractivity contribution in [2.75, 3.05) is 7.11 Å². The van der Waals surface area contributed by atoms with E-state index in [9.17, 15) is 22.7 Å². The van der Waals surface area contributed by atoms with Crippen molar-refractivity contribution in [3.8, 4) is 5.75 Å². The van der Waals surface area contributed by atoms with Crippen LogP contribution in [0.4, 0.5) is 23.2 Å². The average molecular weight is 463 g/mol. The van der Waals surface area contributed by atoms with Gasteiger partial charge in [0.05, 0.1) is 18.3 Å². The van der Waals surface area contributed by atoms with Crippen molar-refractivity contribution in [2.45, 2.75) is 44.9 Å². The number of aryl methyl sites for hydroxylation is 1. The summed E-state index contributed by atoms with van der Waals surface area (Å²) in [6.07, 6.45) is -3.81. The molecule has 1 N–H and O–H groups in total. The zero-order chi connectivity index (χ0) is 24.4. The van der Waals surface area contributed by atoms with Crippen LogP contribution in [-0.4, -0.2) is 40.2 Å². The van der Waals surface area contributed by atoms with Crippen molar-refractivity contribution in [1.29, 1.82) is 0 Å². The quantitative estimate of drug-likeness (QED) is 0.349. The summed E-state index contributed by atoms with van der Waals surface area (Å²) in [5.41, 5.74) is -2.30. The molecule has 0 aliphatic rings. The number of benzene rings is 2. The summed E-state index contributed by atoms with van der Waals surface area (Å²) in [5.74, 6) is -1.54. The Hall–Kier alpha value is -3.07. The molecule has 0 spiro atoms. The third-order valence-corrected chi connectivity index (χ3v) is 5.57. The highest BCUT2D eigenvalue weighted by Crippen LogP contribution is 2.43. The predicted octanol–water partition coefficient (Wildman–Crippen LogP) is 5.91. The molecule has 0 saturated carbocycles. The molecular formula is C24H25F4N3O2. The molecule has 176 valence electrons. The van der Waals surface area contributed by atoms with E-state index in [0.29, 0.717) is 22.9 Å². The van der Waals surface area contributed by atoms with Gasteiger partial charge in [0.25, 0.3) is 0 Å². The SMILES string of the molecule is COc1c(F)cccc1C(CC(O)(C=Nc1cccc2nc(C)ncc12)C(F)(F)F)C(C)C. The Labute approximate surface area is 189 Å². The van der Waals surface area contributed by atoms with E-state index in [1.807, 2.05) is 0 Å². The molecule has 0 amide bonds. The number of aromatic nitrogens is 2. The molecular weight excluding hydrogens is 438 g/mol. The van der Waals surface area contributed by atoms with E-state index in [1.54, 1.807) is 32.9 Å². The van der Waals surface area contributed by atoms with Gasteiger partial charge in [0.15, 0.2) is 17.2 Å². The number of hydrogen-bond donors (Lipinski definition) is 1. The number of rotatable bonds is 7. The molecule has 2 atom stereocenters. The van der Waals surface area contributed by atoms with Crippen molar-refractivity contribution in [2.24, 2.45) is 10.9 Å². The van der Waals surface area contributed by atoms with Crippen LogP contribution in [0.15, 0.2) is 47.6 Å². The maximum absolute atomic E-state index is 14.2. The lowest BCUT2D eigenvalue weighted by molar-refractivity contribution is -0.232. The Balaban J connectivity index is 2.05. The van der Waals surface area contributed by atoms with E-state index < -0.39 is 29.9 Å². The molecule has 9 heteroatoms. The number of para-hydroxylation sites is 1. The second-order valence-electron chi connectivity index (χ2n) is 8.22. The highest BCUT2D eigenvalue weighted by Gasteiger charge is 2.54. The topological polar surface area (TPSA) is 67.6 Å². The standard InChI is InChI=1S/C24H25F4N3O2/c1-14(2)17(16-7-5-8-19(25)22(16)33-4)11-23(32,24(26,27)28)13-30-20-9-6-10-21-18(20)12-29-15(3)31-21/h5-10,12-14,17,32H,11H2,1-4H3. The van der Waals surface area contributed by atoms with Crippen molar-refractivity contribution in [1.82, 2.24) is 9.97 Å². The molecule has 2 unspecified atom stereocenters. The summed E-state index contributed by atoms with van der Waals surface area (Å²) in [6, 6.07) is 8.91. The van der Waals surface area contributed by atoms with Gasteiger partial charge in [-0.3, -0.25) is 4.99 Å². The van der Waals surface area contributed by atoms with Crippen molar-refractivity contribution >= 4 is 22.8 Å². The number of aliphatic imine (C=N–C) groups is 1. The molecule has 3 aromatic rings. The van der Waals surface area contributed by atoms with Crippen LogP contribution in [0.25, 0.3) is 10.9 Å². The number of ether oxygens (including phenoxy) is 1. The molecule has 33 heavy (non-hydrogen) atoms. The third-order valence-electron chi connectivity index (χ3n) is 5.57. The summed E-state index contributed by atoms with van der Waals surface area (Å²) >= 11 is 0. The van der Waals surface area contributed by atoms with Crippen LogP contribution in [0.2, 0.25) is 0 Å². The zero-order valence-corrected chi connectivity index (χ0v) is 18.7. The second-order valence-corrected chi connectivity index (χ2v) is 8.22. The average Bonchev–Trinajstić information content (AvgIpc) is 2.74. The highest BCUT2D eigenvalue weighted by atomic mass is 19.4. The molecule has 0 bridgehead atoms. The lowest BCUT2D eigenvalue weighted by atomic mass is 9.79. The molecule has 0 saturated heterocycles. The molecule has 3 rings (SSSR count). The molecule has 1 aromatic heterocycles. The summed E-state index contributed by atoms with van der Waals surface area (Å²) in [6.45, 7) is 5.10.